The number of carbonyl (C=O) groups excluding carboxylic acids is 2. The first kappa shape index (κ1) is 28.8. The summed E-state index contributed by atoms with van der Waals surface area (Å²) in [6.07, 6.45) is 3.25. The fourth-order valence-electron chi connectivity index (χ4n) is 5.32. The maximum absolute atomic E-state index is 13.8. The number of furan rings is 1. The van der Waals surface area contributed by atoms with Crippen LogP contribution in [0.15, 0.2) is 77.5 Å². The van der Waals surface area contributed by atoms with Crippen LogP contribution in [0.3, 0.4) is 0 Å². The molecule has 3 N–H and O–H groups in total. The summed E-state index contributed by atoms with van der Waals surface area (Å²) in [5.74, 6) is 0.0527. The average Bonchev–Trinajstić information content (AvgIpc) is 3.40. The third-order valence-corrected chi connectivity index (χ3v) is 7.55. The number of benzene rings is 3. The molecule has 0 spiro atoms. The first-order valence-corrected chi connectivity index (χ1v) is 14.1. The second-order valence-electron chi connectivity index (χ2n) is 10.3. The Morgan fingerprint density at radius 3 is 2.36 bits per heavy atom. The van der Waals surface area contributed by atoms with E-state index in [4.69, 9.17) is 13.9 Å². The number of nitrogens with zero attached hydrogens (tertiary/aromatic N) is 2. The molecule has 6 rings (SSSR count). The molecule has 1 fully saturated rings. The summed E-state index contributed by atoms with van der Waals surface area (Å²) in [6, 6.07) is 16.5. The van der Waals surface area contributed by atoms with Crippen molar-refractivity contribution in [3.8, 4) is 28.2 Å². The monoisotopic (exact) mass is 595 g/mol. The third kappa shape index (κ3) is 5.11. The average molecular weight is 596 g/mol. The quantitative estimate of drug-likeness (QED) is 0.214. The number of halogens is 1. The van der Waals surface area contributed by atoms with Crippen molar-refractivity contribution in [1.82, 2.24) is 20.6 Å². The third-order valence-electron chi connectivity index (χ3n) is 7.55. The molecular weight excluding hydrogens is 565 g/mol. The molecule has 3 heterocycles. The zero-order chi connectivity index (χ0) is 30.8. The molecule has 3 aromatic carbocycles. The van der Waals surface area contributed by atoms with Gasteiger partial charge in [0.25, 0.3) is 11.8 Å². The number of fused-ring (bicyclic) bond motifs is 1. The lowest BCUT2D eigenvalue weighted by Gasteiger charge is -2.40. The van der Waals surface area contributed by atoms with E-state index < -0.39 is 11.4 Å². The van der Waals surface area contributed by atoms with Gasteiger partial charge in [-0.15, -0.1) is 0 Å². The highest BCUT2D eigenvalue weighted by Crippen LogP contribution is 2.41. The molecule has 1 aliphatic rings. The minimum Gasteiger partial charge on any atom is -0.496 e. The number of carbonyl (C=O) groups is 2. The summed E-state index contributed by atoms with van der Waals surface area (Å²) in [7, 11) is 3.04. The van der Waals surface area contributed by atoms with Crippen molar-refractivity contribution in [2.45, 2.75) is 12.5 Å². The van der Waals surface area contributed by atoms with Gasteiger partial charge < -0.3 is 29.8 Å². The van der Waals surface area contributed by atoms with Crippen molar-refractivity contribution in [3.63, 3.8) is 0 Å². The van der Waals surface area contributed by atoms with E-state index in [9.17, 15) is 14.0 Å². The molecule has 10 nitrogen and oxygen atoms in total. The minimum atomic E-state index is -0.858. The van der Waals surface area contributed by atoms with Gasteiger partial charge in [0, 0.05) is 54.3 Å². The molecule has 0 radical (unpaired) electrons. The summed E-state index contributed by atoms with van der Waals surface area (Å²) in [5.41, 5.74) is 2.98. The van der Waals surface area contributed by atoms with Gasteiger partial charge in [0.05, 0.1) is 31.5 Å². The van der Waals surface area contributed by atoms with Crippen LogP contribution < -0.4 is 20.7 Å². The number of anilines is 1. The van der Waals surface area contributed by atoms with Crippen LogP contribution in [-0.2, 0) is 10.3 Å². The largest absolute Gasteiger partial charge is 0.496 e. The number of aromatic nitrogens is 2. The van der Waals surface area contributed by atoms with E-state index in [0.29, 0.717) is 57.1 Å². The number of hydrogen-bond acceptors (Lipinski definition) is 8. The molecule has 2 amide bonds. The molecular formula is C33H30FN5O5. The summed E-state index contributed by atoms with van der Waals surface area (Å²) in [6.45, 7) is 3.06. The van der Waals surface area contributed by atoms with Crippen LogP contribution in [0.5, 0.6) is 5.75 Å². The van der Waals surface area contributed by atoms with Crippen LogP contribution in [0.2, 0.25) is 0 Å². The Labute approximate surface area is 252 Å². The van der Waals surface area contributed by atoms with Gasteiger partial charge in [-0.2, -0.15) is 0 Å². The summed E-state index contributed by atoms with van der Waals surface area (Å²) < 4.78 is 30.9. The molecule has 5 aromatic rings. The number of rotatable bonds is 9. The van der Waals surface area contributed by atoms with Crippen LogP contribution >= 0.6 is 0 Å². The normalized spacial score (nSPS) is 13.6. The van der Waals surface area contributed by atoms with Crippen molar-refractivity contribution in [3.05, 3.63) is 95.8 Å². The van der Waals surface area contributed by atoms with Crippen molar-refractivity contribution in [1.29, 1.82) is 0 Å². The van der Waals surface area contributed by atoms with Crippen LogP contribution in [0, 0.1) is 5.82 Å². The zero-order valence-corrected chi connectivity index (χ0v) is 24.4. The maximum atomic E-state index is 13.8. The molecule has 0 bridgehead atoms. The molecule has 2 aromatic heterocycles. The second-order valence-corrected chi connectivity index (χ2v) is 10.3. The van der Waals surface area contributed by atoms with Crippen LogP contribution in [0.4, 0.5) is 10.1 Å². The van der Waals surface area contributed by atoms with E-state index in [1.165, 1.54) is 26.3 Å². The predicted molar refractivity (Wildman–Crippen MR) is 163 cm³/mol. The van der Waals surface area contributed by atoms with Crippen molar-refractivity contribution < 1.29 is 27.9 Å². The Balaban J connectivity index is 1.47. The van der Waals surface area contributed by atoms with Gasteiger partial charge in [-0.3, -0.25) is 9.59 Å². The van der Waals surface area contributed by atoms with Gasteiger partial charge in [-0.1, -0.05) is 6.07 Å². The highest BCUT2D eigenvalue weighted by atomic mass is 19.1. The number of ether oxygens (including phenoxy) is 2. The van der Waals surface area contributed by atoms with E-state index in [1.807, 2.05) is 25.1 Å². The van der Waals surface area contributed by atoms with Gasteiger partial charge in [-0.25, -0.2) is 14.4 Å². The molecule has 224 valence electrons. The minimum absolute atomic E-state index is 0.241. The Morgan fingerprint density at radius 1 is 1.00 bits per heavy atom. The first-order valence-electron chi connectivity index (χ1n) is 14.1. The van der Waals surface area contributed by atoms with Crippen LogP contribution in [-0.4, -0.2) is 55.7 Å². The number of methoxy groups -OCH3 is 1. The molecule has 1 aliphatic heterocycles. The summed E-state index contributed by atoms with van der Waals surface area (Å²) in [4.78, 5) is 35.6. The standard InChI is InChI=1S/C33H30FN5O5/c1-4-36-25-16-27-23(28(31(41)35-2)29(44-27)19-6-9-21(34)10-7-19)15-22(25)20-8-11-26(42-3)24(14-20)30(40)39-33(17-43-18-33)32-37-12-5-13-38-32/h5-16,36H,4,17-18H2,1-3H3,(H,35,41)(H,39,40). The van der Waals surface area contributed by atoms with Gasteiger partial charge in [0.2, 0.25) is 0 Å². The topological polar surface area (TPSA) is 128 Å². The van der Waals surface area contributed by atoms with E-state index in [2.05, 4.69) is 25.9 Å². The fraction of sp³-hybridized carbons (Fsp3) is 0.212. The fourth-order valence-corrected chi connectivity index (χ4v) is 5.32. The van der Waals surface area contributed by atoms with Crippen LogP contribution in [0.25, 0.3) is 33.4 Å². The van der Waals surface area contributed by atoms with Crippen LogP contribution in [0.1, 0.15) is 33.5 Å². The zero-order valence-electron chi connectivity index (χ0n) is 24.4. The Hall–Kier alpha value is -5.29. The highest BCUT2D eigenvalue weighted by molar-refractivity contribution is 6.13. The number of nitrogens with one attached hydrogen (secondary N) is 3. The van der Waals surface area contributed by atoms with Gasteiger partial charge >= 0.3 is 0 Å². The van der Waals surface area contributed by atoms with Gasteiger partial charge in [0.15, 0.2) is 5.82 Å². The summed E-state index contributed by atoms with van der Waals surface area (Å²) in [5, 5.41) is 9.68. The Bertz CT molecular complexity index is 1850. The molecule has 0 aliphatic carbocycles. The lowest BCUT2D eigenvalue weighted by atomic mass is 9.94. The van der Waals surface area contributed by atoms with Gasteiger partial charge in [-0.05, 0) is 61.0 Å². The number of hydrogen-bond donors (Lipinski definition) is 3. The SMILES string of the molecule is CCNc1cc2oc(-c3ccc(F)cc3)c(C(=O)NC)c2cc1-c1ccc(OC)c(C(=O)NC2(c3ncccn3)COC2)c1. The van der Waals surface area contributed by atoms with E-state index in [1.54, 1.807) is 42.7 Å². The first-order chi connectivity index (χ1) is 21.4. The molecule has 1 saturated heterocycles. The van der Waals surface area contributed by atoms with Gasteiger partial charge in [0.1, 0.15) is 28.4 Å². The van der Waals surface area contributed by atoms with Crippen molar-refractivity contribution in [2.75, 3.05) is 39.2 Å². The molecule has 0 unspecified atom stereocenters. The van der Waals surface area contributed by atoms with E-state index in [0.717, 1.165) is 11.3 Å². The Morgan fingerprint density at radius 2 is 1.73 bits per heavy atom. The van der Waals surface area contributed by atoms with E-state index >= 15 is 0 Å². The summed E-state index contributed by atoms with van der Waals surface area (Å²) >= 11 is 0. The molecule has 0 saturated carbocycles. The smallest absolute Gasteiger partial charge is 0.256 e. The highest BCUT2D eigenvalue weighted by Gasteiger charge is 2.45. The molecule has 11 heteroatoms. The maximum Gasteiger partial charge on any atom is 0.256 e. The Kier molecular flexibility index (Phi) is 7.71. The lowest BCUT2D eigenvalue weighted by Crippen LogP contribution is -2.60. The second kappa shape index (κ2) is 11.8. The van der Waals surface area contributed by atoms with E-state index in [-0.39, 0.29) is 25.0 Å². The molecule has 44 heavy (non-hydrogen) atoms. The number of amides is 2. The van der Waals surface area contributed by atoms with Crippen molar-refractivity contribution >= 4 is 28.5 Å². The van der Waals surface area contributed by atoms with Crippen molar-refractivity contribution in [2.24, 2.45) is 0 Å². The lowest BCUT2D eigenvalue weighted by molar-refractivity contribution is -0.0778. The molecule has 0 atom stereocenters. The predicted octanol–water partition coefficient (Wildman–Crippen LogP) is 5.15.